The minimum atomic E-state index is -0.602. The smallest absolute Gasteiger partial charge is 0.167 e. The molecule has 1 unspecified atom stereocenters. The first-order valence-electron chi connectivity index (χ1n) is 9.49. The predicted octanol–water partition coefficient (Wildman–Crippen LogP) is 4.68. The van der Waals surface area contributed by atoms with Crippen molar-refractivity contribution in [3.63, 3.8) is 0 Å². The van der Waals surface area contributed by atoms with Crippen LogP contribution in [-0.2, 0) is 9.57 Å². The molecule has 0 amide bonds. The molecule has 2 heterocycles. The highest BCUT2D eigenvalue weighted by molar-refractivity contribution is 9.10. The van der Waals surface area contributed by atoms with Gasteiger partial charge in [-0.15, -0.1) is 0 Å². The molecule has 1 aromatic heterocycles. The van der Waals surface area contributed by atoms with Gasteiger partial charge in [-0.05, 0) is 37.1 Å². The van der Waals surface area contributed by atoms with Crippen molar-refractivity contribution in [3.8, 4) is 0 Å². The lowest BCUT2D eigenvalue weighted by molar-refractivity contribution is -0.0691. The molecule has 152 valence electrons. The van der Waals surface area contributed by atoms with Crippen molar-refractivity contribution in [1.29, 1.82) is 0 Å². The maximum atomic E-state index is 14.8. The number of hydrogen-bond donors (Lipinski definition) is 1. The molecule has 0 bridgehead atoms. The van der Waals surface area contributed by atoms with Gasteiger partial charge in [-0.2, -0.15) is 0 Å². The molecular weight excluding hydrogens is 439 g/mol. The number of halogens is 2. The molecule has 29 heavy (non-hydrogen) atoms. The zero-order chi connectivity index (χ0) is 20.2. The first kappa shape index (κ1) is 20.2. The minimum absolute atomic E-state index is 0.223. The molecule has 0 radical (unpaired) electrons. The Kier molecular flexibility index (Phi) is 6.34. The van der Waals surface area contributed by atoms with E-state index in [9.17, 15) is 4.39 Å². The number of aromatic nitrogens is 2. The van der Waals surface area contributed by atoms with Crippen molar-refractivity contribution in [2.75, 3.05) is 25.7 Å². The van der Waals surface area contributed by atoms with Crippen LogP contribution in [0, 0.1) is 5.82 Å². The number of hydrogen-bond acceptors (Lipinski definition) is 6. The number of rotatable bonds is 6. The van der Waals surface area contributed by atoms with Crippen LogP contribution >= 0.6 is 15.9 Å². The topological polar surface area (TPSA) is 59.5 Å². The summed E-state index contributed by atoms with van der Waals surface area (Å²) < 4.78 is 20.9. The Hall–Kier alpha value is -2.13. The van der Waals surface area contributed by atoms with Crippen LogP contribution in [0.15, 0.2) is 53.3 Å². The molecule has 2 aromatic carbocycles. The van der Waals surface area contributed by atoms with Gasteiger partial charge in [-0.25, -0.2) is 19.8 Å². The Labute approximate surface area is 177 Å². The highest BCUT2D eigenvalue weighted by Gasteiger charge is 2.29. The second-order valence-electron chi connectivity index (χ2n) is 6.95. The van der Waals surface area contributed by atoms with E-state index in [1.807, 2.05) is 30.3 Å². The summed E-state index contributed by atoms with van der Waals surface area (Å²) >= 11 is 3.32. The molecule has 1 atom stereocenters. The van der Waals surface area contributed by atoms with E-state index in [0.717, 1.165) is 36.8 Å². The summed E-state index contributed by atoms with van der Waals surface area (Å²) in [6, 6.07) is 12.7. The number of fused-ring (bicyclic) bond motifs is 1. The van der Waals surface area contributed by atoms with Gasteiger partial charge in [0.15, 0.2) is 12.0 Å². The van der Waals surface area contributed by atoms with Crippen LogP contribution in [-0.4, -0.2) is 41.2 Å². The van der Waals surface area contributed by atoms with E-state index in [-0.39, 0.29) is 11.9 Å². The highest BCUT2D eigenvalue weighted by atomic mass is 79.9. The van der Waals surface area contributed by atoms with Gasteiger partial charge in [-0.3, -0.25) is 9.74 Å². The van der Waals surface area contributed by atoms with Crippen molar-refractivity contribution < 1.29 is 14.0 Å². The summed E-state index contributed by atoms with van der Waals surface area (Å²) in [7, 11) is 1.73. The lowest BCUT2D eigenvalue weighted by Crippen LogP contribution is -2.41. The summed E-state index contributed by atoms with van der Waals surface area (Å²) in [5, 5.41) is 0.836. The van der Waals surface area contributed by atoms with Crippen molar-refractivity contribution in [2.24, 2.45) is 0 Å². The maximum absolute atomic E-state index is 14.8. The lowest BCUT2D eigenvalue weighted by Gasteiger charge is -2.36. The molecule has 1 saturated heterocycles. The first-order chi connectivity index (χ1) is 14.2. The van der Waals surface area contributed by atoms with Gasteiger partial charge >= 0.3 is 0 Å². The molecule has 1 N–H and O–H groups in total. The van der Waals surface area contributed by atoms with Gasteiger partial charge in [0, 0.05) is 35.6 Å². The van der Waals surface area contributed by atoms with E-state index in [2.05, 4.69) is 36.3 Å². The second kappa shape index (κ2) is 9.13. The average Bonchev–Trinajstić information content (AvgIpc) is 2.75. The monoisotopic (exact) mass is 460 g/mol. The predicted molar refractivity (Wildman–Crippen MR) is 113 cm³/mol. The number of benzene rings is 2. The summed E-state index contributed by atoms with van der Waals surface area (Å²) in [4.78, 5) is 16.7. The molecule has 8 heteroatoms. The molecule has 0 saturated carbocycles. The second-order valence-corrected chi connectivity index (χ2v) is 7.86. The van der Waals surface area contributed by atoms with E-state index < -0.39 is 6.23 Å². The van der Waals surface area contributed by atoms with Gasteiger partial charge in [-0.1, -0.05) is 34.1 Å². The molecule has 3 aromatic rings. The quantitative estimate of drug-likeness (QED) is 0.538. The van der Waals surface area contributed by atoms with Crippen molar-refractivity contribution in [3.05, 3.63) is 64.6 Å². The van der Waals surface area contributed by atoms with Gasteiger partial charge in [0.1, 0.15) is 12.1 Å². The molecule has 0 aliphatic carbocycles. The third-order valence-corrected chi connectivity index (χ3v) is 5.67. The Morgan fingerprint density at radius 2 is 1.97 bits per heavy atom. The fourth-order valence-electron chi connectivity index (χ4n) is 3.58. The number of piperidine rings is 1. The number of para-hydroxylation sites is 1. The van der Waals surface area contributed by atoms with Crippen LogP contribution in [0.2, 0.25) is 0 Å². The van der Waals surface area contributed by atoms with Crippen LogP contribution < -0.4 is 5.48 Å². The maximum Gasteiger partial charge on any atom is 0.167 e. The van der Waals surface area contributed by atoms with E-state index in [1.165, 1.54) is 12.4 Å². The molecule has 4 rings (SSSR count). The molecule has 1 aliphatic rings. The lowest BCUT2D eigenvalue weighted by atomic mass is 10.1. The minimum Gasteiger partial charge on any atom is -0.381 e. The summed E-state index contributed by atoms with van der Waals surface area (Å²) in [6.45, 7) is 1.48. The fraction of sp³-hybridized carbons (Fsp3) is 0.333. The van der Waals surface area contributed by atoms with Gasteiger partial charge in [0.25, 0.3) is 0 Å². The molecule has 6 nitrogen and oxygen atoms in total. The zero-order valence-electron chi connectivity index (χ0n) is 16.0. The van der Waals surface area contributed by atoms with Crippen LogP contribution in [0.4, 0.5) is 10.2 Å². The molecule has 1 fully saturated rings. The largest absolute Gasteiger partial charge is 0.381 e. The normalized spacial score (nSPS) is 16.8. The Morgan fingerprint density at radius 3 is 2.72 bits per heavy atom. The van der Waals surface area contributed by atoms with Crippen molar-refractivity contribution in [2.45, 2.75) is 25.2 Å². The number of anilines is 1. The Morgan fingerprint density at radius 1 is 1.17 bits per heavy atom. The fourth-order valence-corrected chi connectivity index (χ4v) is 3.91. The standard InChI is InChI=1S/C21H22BrFN4O2/c1-28-15-8-10-27(11-9-15)21(16-7-6-14(22)12-18(16)23)29-26-20-17-4-2-3-5-19(17)24-13-25-20/h2-7,12-13,15,21H,8-11H2,1H3,(H,24,25,26). The zero-order valence-corrected chi connectivity index (χ0v) is 17.6. The third kappa shape index (κ3) is 4.56. The van der Waals surface area contributed by atoms with Gasteiger partial charge < -0.3 is 4.74 Å². The molecule has 1 aliphatic heterocycles. The number of likely N-dealkylation sites (tertiary alicyclic amines) is 1. The number of nitrogens with one attached hydrogen (secondary N) is 1. The average molecular weight is 461 g/mol. The van der Waals surface area contributed by atoms with Crippen molar-refractivity contribution in [1.82, 2.24) is 14.9 Å². The van der Waals surface area contributed by atoms with Crippen LogP contribution in [0.5, 0.6) is 0 Å². The first-order valence-corrected chi connectivity index (χ1v) is 10.3. The third-order valence-electron chi connectivity index (χ3n) is 5.18. The Balaban J connectivity index is 1.60. The summed E-state index contributed by atoms with van der Waals surface area (Å²) in [5.74, 6) is 0.220. The highest BCUT2D eigenvalue weighted by Crippen LogP contribution is 2.30. The van der Waals surface area contributed by atoms with Crippen LogP contribution in [0.1, 0.15) is 24.6 Å². The molecular formula is C21H22BrFN4O2. The van der Waals surface area contributed by atoms with Gasteiger partial charge in [0.2, 0.25) is 0 Å². The van der Waals surface area contributed by atoms with E-state index in [0.29, 0.717) is 15.9 Å². The van der Waals surface area contributed by atoms with E-state index in [1.54, 1.807) is 13.2 Å². The van der Waals surface area contributed by atoms with Crippen LogP contribution in [0.25, 0.3) is 10.9 Å². The van der Waals surface area contributed by atoms with Crippen LogP contribution in [0.3, 0.4) is 0 Å². The van der Waals surface area contributed by atoms with Gasteiger partial charge in [0.05, 0.1) is 11.6 Å². The van der Waals surface area contributed by atoms with Crippen molar-refractivity contribution >= 4 is 32.7 Å². The van der Waals surface area contributed by atoms with E-state index in [4.69, 9.17) is 9.57 Å². The number of ether oxygens (including phenoxy) is 1. The summed E-state index contributed by atoms with van der Waals surface area (Å²) in [5.41, 5.74) is 4.22. The van der Waals surface area contributed by atoms with E-state index >= 15 is 0 Å². The number of methoxy groups -OCH3 is 1. The SMILES string of the molecule is COC1CCN(C(ONc2ncnc3ccccc23)c2ccc(Br)cc2F)CC1. The Bertz CT molecular complexity index is 977. The number of nitrogens with zero attached hydrogens (tertiary/aromatic N) is 3. The molecule has 0 spiro atoms. The summed E-state index contributed by atoms with van der Waals surface area (Å²) in [6.07, 6.45) is 2.83.